The van der Waals surface area contributed by atoms with Crippen LogP contribution in [0.25, 0.3) is 5.65 Å². The molecule has 1 unspecified atom stereocenters. The van der Waals surface area contributed by atoms with E-state index in [1.54, 1.807) is 11.8 Å². The second-order valence-corrected chi connectivity index (χ2v) is 5.03. The highest BCUT2D eigenvalue weighted by Gasteiger charge is 2.09. The van der Waals surface area contributed by atoms with E-state index in [0.29, 0.717) is 5.92 Å². The zero-order valence-electron chi connectivity index (χ0n) is 9.21. The third-order valence-corrected chi connectivity index (χ3v) is 4.26. The van der Waals surface area contributed by atoms with Gasteiger partial charge in [0.2, 0.25) is 0 Å². The van der Waals surface area contributed by atoms with E-state index in [4.69, 9.17) is 0 Å². The molecule has 86 valence electrons. The van der Waals surface area contributed by atoms with E-state index < -0.39 is 0 Å². The lowest BCUT2D eigenvalue weighted by Gasteiger charge is -2.09. The third kappa shape index (κ3) is 2.52. The molecule has 2 rings (SSSR count). The first-order valence-electron chi connectivity index (χ1n) is 5.38. The Morgan fingerprint density at radius 3 is 3.06 bits per heavy atom. The largest absolute Gasteiger partial charge is 0.277 e. The number of fused-ring (bicyclic) bond motifs is 1. The number of thioether (sulfide) groups is 1. The molecule has 0 radical (unpaired) electrons. The summed E-state index contributed by atoms with van der Waals surface area (Å²) < 4.78 is 2.02. The van der Waals surface area contributed by atoms with Crippen molar-refractivity contribution in [1.82, 2.24) is 14.6 Å². The maximum absolute atomic E-state index is 4.34. The Balaban J connectivity index is 2.09. The molecule has 0 saturated heterocycles. The van der Waals surface area contributed by atoms with Crippen molar-refractivity contribution in [2.75, 3.05) is 11.5 Å². The molecule has 2 heterocycles. The van der Waals surface area contributed by atoms with Crippen molar-refractivity contribution in [2.24, 2.45) is 5.92 Å². The Kier molecular flexibility index (Phi) is 4.12. The van der Waals surface area contributed by atoms with E-state index in [1.807, 2.05) is 28.8 Å². The zero-order chi connectivity index (χ0) is 11.4. The van der Waals surface area contributed by atoms with E-state index in [0.717, 1.165) is 28.7 Å². The number of nitrogens with zero attached hydrogens (tertiary/aromatic N) is 3. The number of hydrogen-bond acceptors (Lipinski definition) is 4. The van der Waals surface area contributed by atoms with Crippen molar-refractivity contribution in [3.8, 4) is 0 Å². The van der Waals surface area contributed by atoms with Gasteiger partial charge in [0.25, 0.3) is 0 Å². The van der Waals surface area contributed by atoms with Crippen LogP contribution in [0.5, 0.6) is 0 Å². The average molecular weight is 253 g/mol. The fourth-order valence-electron chi connectivity index (χ4n) is 1.41. The second kappa shape index (κ2) is 5.59. The lowest BCUT2D eigenvalue weighted by atomic mass is 10.2. The molecular weight excluding hydrogens is 238 g/mol. The second-order valence-electron chi connectivity index (χ2n) is 3.68. The van der Waals surface area contributed by atoms with Gasteiger partial charge in [0.05, 0.1) is 0 Å². The molecule has 0 aliphatic carbocycles. The maximum atomic E-state index is 4.34. The number of pyridine rings is 1. The molecule has 0 aromatic carbocycles. The van der Waals surface area contributed by atoms with Gasteiger partial charge in [0.1, 0.15) is 0 Å². The summed E-state index contributed by atoms with van der Waals surface area (Å²) in [5.74, 6) is 2.63. The fraction of sp³-hybridized carbons (Fsp3) is 0.455. The highest BCUT2D eigenvalue weighted by atomic mass is 32.2. The molecule has 0 saturated carbocycles. The van der Waals surface area contributed by atoms with Crippen molar-refractivity contribution in [2.45, 2.75) is 18.5 Å². The van der Waals surface area contributed by atoms with E-state index in [1.165, 1.54) is 0 Å². The fourth-order valence-corrected chi connectivity index (χ4v) is 3.10. The smallest absolute Gasteiger partial charge is 0.195 e. The standard InChI is InChI=1S/C11H15N3S2/c1-2-9(7-15)8-16-11-13-12-10-5-3-4-6-14(10)11/h3-6,9,15H,2,7-8H2,1H3. The van der Waals surface area contributed by atoms with Gasteiger partial charge in [-0.1, -0.05) is 31.2 Å². The first kappa shape index (κ1) is 11.8. The molecule has 16 heavy (non-hydrogen) atoms. The van der Waals surface area contributed by atoms with Gasteiger partial charge < -0.3 is 0 Å². The number of thiol groups is 1. The third-order valence-electron chi connectivity index (χ3n) is 2.57. The Hall–Kier alpha value is -0.680. The van der Waals surface area contributed by atoms with Crippen LogP contribution in [0, 0.1) is 5.92 Å². The van der Waals surface area contributed by atoms with Crippen molar-refractivity contribution in [1.29, 1.82) is 0 Å². The summed E-state index contributed by atoms with van der Waals surface area (Å²) in [5.41, 5.74) is 0.906. The number of hydrogen-bond donors (Lipinski definition) is 1. The molecule has 2 aromatic heterocycles. The van der Waals surface area contributed by atoms with Crippen LogP contribution in [0.2, 0.25) is 0 Å². The van der Waals surface area contributed by atoms with E-state index >= 15 is 0 Å². The van der Waals surface area contributed by atoms with Gasteiger partial charge in [0, 0.05) is 11.9 Å². The lowest BCUT2D eigenvalue weighted by Crippen LogP contribution is -2.04. The van der Waals surface area contributed by atoms with Gasteiger partial charge in [-0.3, -0.25) is 4.40 Å². The summed E-state index contributed by atoms with van der Waals surface area (Å²) in [6.07, 6.45) is 3.16. The Bertz CT molecular complexity index is 451. The van der Waals surface area contributed by atoms with Gasteiger partial charge >= 0.3 is 0 Å². The predicted octanol–water partition coefficient (Wildman–Crippen LogP) is 2.78. The predicted molar refractivity (Wildman–Crippen MR) is 71.3 cm³/mol. The van der Waals surface area contributed by atoms with Crippen LogP contribution in [0.15, 0.2) is 29.6 Å². The number of rotatable bonds is 5. The molecule has 0 aliphatic rings. The van der Waals surface area contributed by atoms with Gasteiger partial charge in [-0.15, -0.1) is 10.2 Å². The Morgan fingerprint density at radius 2 is 2.31 bits per heavy atom. The monoisotopic (exact) mass is 253 g/mol. The van der Waals surface area contributed by atoms with Crippen molar-refractivity contribution < 1.29 is 0 Å². The Morgan fingerprint density at radius 1 is 1.44 bits per heavy atom. The Labute approximate surface area is 105 Å². The molecule has 0 spiro atoms. The number of aromatic nitrogens is 3. The highest BCUT2D eigenvalue weighted by Crippen LogP contribution is 2.21. The topological polar surface area (TPSA) is 30.2 Å². The lowest BCUT2D eigenvalue weighted by molar-refractivity contribution is 0.648. The van der Waals surface area contributed by atoms with E-state index in [9.17, 15) is 0 Å². The quantitative estimate of drug-likeness (QED) is 0.656. The molecule has 0 amide bonds. The van der Waals surface area contributed by atoms with Gasteiger partial charge in [-0.05, 0) is 23.8 Å². The van der Waals surface area contributed by atoms with Crippen LogP contribution in [-0.2, 0) is 0 Å². The van der Waals surface area contributed by atoms with Crippen LogP contribution in [0.1, 0.15) is 13.3 Å². The normalized spacial score (nSPS) is 13.1. The van der Waals surface area contributed by atoms with Gasteiger partial charge in [-0.25, -0.2) is 0 Å². The molecule has 0 bridgehead atoms. The van der Waals surface area contributed by atoms with Crippen LogP contribution in [0.3, 0.4) is 0 Å². The summed E-state index contributed by atoms with van der Waals surface area (Å²) in [6.45, 7) is 2.20. The maximum Gasteiger partial charge on any atom is 0.195 e. The van der Waals surface area contributed by atoms with Crippen molar-refractivity contribution in [3.05, 3.63) is 24.4 Å². The van der Waals surface area contributed by atoms with Crippen LogP contribution < -0.4 is 0 Å². The summed E-state index contributed by atoms with van der Waals surface area (Å²) in [4.78, 5) is 0. The molecule has 1 atom stereocenters. The van der Waals surface area contributed by atoms with Crippen molar-refractivity contribution >= 4 is 30.0 Å². The molecule has 5 heteroatoms. The van der Waals surface area contributed by atoms with Crippen LogP contribution >= 0.6 is 24.4 Å². The first-order valence-corrected chi connectivity index (χ1v) is 7.00. The van der Waals surface area contributed by atoms with Gasteiger partial charge in [-0.2, -0.15) is 12.6 Å². The minimum absolute atomic E-state index is 0.643. The summed E-state index contributed by atoms with van der Waals surface area (Å²) in [5, 5.41) is 9.28. The minimum Gasteiger partial charge on any atom is -0.277 e. The van der Waals surface area contributed by atoms with Crippen LogP contribution in [-0.4, -0.2) is 26.1 Å². The molecule has 3 nitrogen and oxygen atoms in total. The molecule has 0 fully saturated rings. The summed E-state index contributed by atoms with van der Waals surface area (Å²) >= 11 is 6.10. The summed E-state index contributed by atoms with van der Waals surface area (Å²) in [6, 6.07) is 5.93. The first-order chi connectivity index (χ1) is 7.85. The highest BCUT2D eigenvalue weighted by molar-refractivity contribution is 7.99. The van der Waals surface area contributed by atoms with Gasteiger partial charge in [0.15, 0.2) is 10.8 Å². The molecule has 0 aliphatic heterocycles. The van der Waals surface area contributed by atoms with E-state index in [-0.39, 0.29) is 0 Å². The molecular formula is C11H15N3S2. The molecule has 2 aromatic rings. The average Bonchev–Trinajstić information content (AvgIpc) is 2.74. The van der Waals surface area contributed by atoms with E-state index in [2.05, 4.69) is 29.7 Å². The van der Waals surface area contributed by atoms with Crippen molar-refractivity contribution in [3.63, 3.8) is 0 Å². The zero-order valence-corrected chi connectivity index (χ0v) is 10.9. The summed E-state index contributed by atoms with van der Waals surface area (Å²) in [7, 11) is 0. The van der Waals surface area contributed by atoms with Crippen LogP contribution in [0.4, 0.5) is 0 Å². The minimum atomic E-state index is 0.643. The SMILES string of the molecule is CCC(CS)CSc1nnc2ccccn12. The molecule has 0 N–H and O–H groups in total.